The topological polar surface area (TPSA) is 105 Å². The fraction of sp³-hybridized carbons (Fsp3) is 0.143. The lowest BCUT2D eigenvalue weighted by molar-refractivity contribution is -0.114. The van der Waals surface area contributed by atoms with Gasteiger partial charge in [0.15, 0.2) is 0 Å². The monoisotopic (exact) mass is 391 g/mol. The fourth-order valence-corrected chi connectivity index (χ4v) is 2.57. The lowest BCUT2D eigenvalue weighted by Crippen LogP contribution is -2.14. The number of nitrogens with zero attached hydrogens (tertiary/aromatic N) is 2. The van der Waals surface area contributed by atoms with E-state index in [1.165, 1.54) is 13.3 Å². The summed E-state index contributed by atoms with van der Waals surface area (Å²) in [5.41, 5.74) is 2.22. The first kappa shape index (κ1) is 19.8. The van der Waals surface area contributed by atoms with E-state index in [9.17, 15) is 9.59 Å². The van der Waals surface area contributed by atoms with Crippen LogP contribution in [0.3, 0.4) is 0 Å². The number of hydrogen-bond donors (Lipinski definition) is 3. The van der Waals surface area contributed by atoms with E-state index in [0.717, 1.165) is 5.75 Å². The van der Waals surface area contributed by atoms with Crippen molar-refractivity contribution in [2.24, 2.45) is 0 Å². The highest BCUT2D eigenvalue weighted by Crippen LogP contribution is 2.20. The van der Waals surface area contributed by atoms with Crippen molar-refractivity contribution in [1.29, 1.82) is 0 Å². The predicted molar refractivity (Wildman–Crippen MR) is 112 cm³/mol. The Hall–Kier alpha value is -3.94. The second-order valence-corrected chi connectivity index (χ2v) is 6.09. The molecule has 2 aromatic carbocycles. The zero-order valence-electron chi connectivity index (χ0n) is 16.1. The Morgan fingerprint density at radius 1 is 0.931 bits per heavy atom. The maximum Gasteiger partial charge on any atom is 0.274 e. The van der Waals surface area contributed by atoms with E-state index in [4.69, 9.17) is 4.74 Å². The van der Waals surface area contributed by atoms with Crippen molar-refractivity contribution in [2.45, 2.75) is 13.8 Å². The van der Waals surface area contributed by atoms with Crippen LogP contribution in [0.2, 0.25) is 0 Å². The molecule has 2 amide bonds. The van der Waals surface area contributed by atoms with E-state index < -0.39 is 0 Å². The average molecular weight is 391 g/mol. The van der Waals surface area contributed by atoms with Crippen molar-refractivity contribution < 1.29 is 14.3 Å². The molecule has 148 valence electrons. The first-order valence-electron chi connectivity index (χ1n) is 9.04. The average Bonchev–Trinajstić information content (AvgIpc) is 2.70. The minimum Gasteiger partial charge on any atom is -0.494 e. The molecule has 1 aromatic heterocycles. The lowest BCUT2D eigenvalue weighted by Gasteiger charge is -2.10. The Balaban J connectivity index is 1.68. The zero-order valence-corrected chi connectivity index (χ0v) is 16.1. The zero-order chi connectivity index (χ0) is 20.6. The van der Waals surface area contributed by atoms with Crippen molar-refractivity contribution >= 4 is 34.7 Å². The van der Waals surface area contributed by atoms with Gasteiger partial charge >= 0.3 is 0 Å². The molecule has 0 saturated heterocycles. The van der Waals surface area contributed by atoms with Crippen molar-refractivity contribution in [2.75, 3.05) is 22.6 Å². The van der Waals surface area contributed by atoms with Gasteiger partial charge in [0, 0.05) is 30.1 Å². The highest BCUT2D eigenvalue weighted by Gasteiger charge is 2.10. The summed E-state index contributed by atoms with van der Waals surface area (Å²) < 4.78 is 5.39. The number of carbonyl (C=O) groups is 2. The molecule has 29 heavy (non-hydrogen) atoms. The number of anilines is 4. The molecule has 8 heteroatoms. The van der Waals surface area contributed by atoms with Crippen LogP contribution in [-0.2, 0) is 4.79 Å². The number of nitrogens with one attached hydrogen (secondary N) is 3. The molecule has 0 aliphatic heterocycles. The number of amides is 2. The van der Waals surface area contributed by atoms with Gasteiger partial charge in [-0.3, -0.25) is 9.59 Å². The van der Waals surface area contributed by atoms with Gasteiger partial charge in [-0.05, 0) is 49.4 Å². The molecule has 0 saturated carbocycles. The molecule has 0 aliphatic carbocycles. The van der Waals surface area contributed by atoms with Crippen molar-refractivity contribution in [1.82, 2.24) is 9.97 Å². The van der Waals surface area contributed by atoms with E-state index >= 15 is 0 Å². The smallest absolute Gasteiger partial charge is 0.274 e. The maximum absolute atomic E-state index is 12.5. The van der Waals surface area contributed by atoms with Crippen LogP contribution in [-0.4, -0.2) is 28.4 Å². The SMILES string of the molecule is CCOc1ccc(NC(=O)c2cc(Nc3cccc(NC(C)=O)c3)ncn2)cc1. The van der Waals surface area contributed by atoms with Crippen LogP contribution in [0, 0.1) is 0 Å². The Kier molecular flexibility index (Phi) is 6.36. The van der Waals surface area contributed by atoms with Gasteiger partial charge in [0.2, 0.25) is 5.91 Å². The second kappa shape index (κ2) is 9.32. The van der Waals surface area contributed by atoms with Gasteiger partial charge < -0.3 is 20.7 Å². The van der Waals surface area contributed by atoms with E-state index in [2.05, 4.69) is 25.9 Å². The second-order valence-electron chi connectivity index (χ2n) is 6.09. The molecule has 8 nitrogen and oxygen atoms in total. The highest BCUT2D eigenvalue weighted by molar-refractivity contribution is 6.03. The largest absolute Gasteiger partial charge is 0.494 e. The van der Waals surface area contributed by atoms with E-state index in [1.54, 1.807) is 48.5 Å². The summed E-state index contributed by atoms with van der Waals surface area (Å²) in [5, 5.41) is 8.60. The highest BCUT2D eigenvalue weighted by atomic mass is 16.5. The molecule has 3 N–H and O–H groups in total. The third-order valence-electron chi connectivity index (χ3n) is 3.78. The molecule has 3 rings (SSSR count). The maximum atomic E-state index is 12.5. The van der Waals surface area contributed by atoms with E-state index in [-0.39, 0.29) is 17.5 Å². The van der Waals surface area contributed by atoms with Crippen LogP contribution >= 0.6 is 0 Å². The molecule has 1 heterocycles. The standard InChI is InChI=1S/C21H21N5O3/c1-3-29-18-9-7-15(8-10-18)26-21(28)19-12-20(23-13-22-19)25-17-6-4-5-16(11-17)24-14(2)27/h4-13H,3H2,1-2H3,(H,24,27)(H,26,28)(H,22,23,25). The van der Waals surface area contributed by atoms with Gasteiger partial charge in [-0.15, -0.1) is 0 Å². The molecule has 0 radical (unpaired) electrons. The quantitative estimate of drug-likeness (QED) is 0.565. The Morgan fingerprint density at radius 3 is 2.41 bits per heavy atom. The number of rotatable bonds is 7. The van der Waals surface area contributed by atoms with Gasteiger partial charge in [0.1, 0.15) is 23.6 Å². The predicted octanol–water partition coefficient (Wildman–Crippen LogP) is 3.83. The summed E-state index contributed by atoms with van der Waals surface area (Å²) in [6, 6.07) is 15.8. The third kappa shape index (κ3) is 5.77. The molecule has 0 atom stereocenters. The molecule has 0 aliphatic rings. The van der Waals surface area contributed by atoms with Gasteiger partial charge in [0.05, 0.1) is 6.61 Å². The third-order valence-corrected chi connectivity index (χ3v) is 3.78. The van der Waals surface area contributed by atoms with Gasteiger partial charge in [0.25, 0.3) is 5.91 Å². The first-order valence-corrected chi connectivity index (χ1v) is 9.04. The molecule has 0 fully saturated rings. The first-order chi connectivity index (χ1) is 14.0. The van der Waals surface area contributed by atoms with Crippen LogP contribution in [0.25, 0.3) is 0 Å². The van der Waals surface area contributed by atoms with E-state index in [0.29, 0.717) is 29.5 Å². The van der Waals surface area contributed by atoms with E-state index in [1.807, 2.05) is 13.0 Å². The van der Waals surface area contributed by atoms with Crippen LogP contribution in [0.15, 0.2) is 60.9 Å². The van der Waals surface area contributed by atoms with Crippen LogP contribution < -0.4 is 20.7 Å². The van der Waals surface area contributed by atoms with Crippen molar-refractivity contribution in [3.8, 4) is 5.75 Å². The van der Waals surface area contributed by atoms with Gasteiger partial charge in [-0.1, -0.05) is 6.07 Å². The molecule has 0 unspecified atom stereocenters. The summed E-state index contributed by atoms with van der Waals surface area (Å²) >= 11 is 0. The molecule has 0 spiro atoms. The summed E-state index contributed by atoms with van der Waals surface area (Å²) in [4.78, 5) is 31.9. The number of ether oxygens (including phenoxy) is 1. The molecular formula is C21H21N5O3. The summed E-state index contributed by atoms with van der Waals surface area (Å²) in [6.07, 6.45) is 1.31. The summed E-state index contributed by atoms with van der Waals surface area (Å²) in [6.45, 7) is 3.93. The van der Waals surface area contributed by atoms with Gasteiger partial charge in [-0.25, -0.2) is 9.97 Å². The van der Waals surface area contributed by atoms with Gasteiger partial charge in [-0.2, -0.15) is 0 Å². The van der Waals surface area contributed by atoms with Crippen molar-refractivity contribution in [3.05, 3.63) is 66.6 Å². The lowest BCUT2D eigenvalue weighted by atomic mass is 10.2. The summed E-state index contributed by atoms with van der Waals surface area (Å²) in [7, 11) is 0. The van der Waals surface area contributed by atoms with Crippen molar-refractivity contribution in [3.63, 3.8) is 0 Å². The number of aromatic nitrogens is 2. The Morgan fingerprint density at radius 2 is 1.69 bits per heavy atom. The molecule has 0 bridgehead atoms. The number of carbonyl (C=O) groups excluding carboxylic acids is 2. The number of hydrogen-bond acceptors (Lipinski definition) is 6. The Labute approximate surface area is 168 Å². The summed E-state index contributed by atoms with van der Waals surface area (Å²) in [5.74, 6) is 0.682. The minimum atomic E-state index is -0.355. The minimum absolute atomic E-state index is 0.155. The van der Waals surface area contributed by atoms with Crippen LogP contribution in [0.4, 0.5) is 22.9 Å². The Bertz CT molecular complexity index is 1010. The molecule has 3 aromatic rings. The fourth-order valence-electron chi connectivity index (χ4n) is 2.57. The number of benzene rings is 2. The molecular weight excluding hydrogens is 370 g/mol. The normalized spacial score (nSPS) is 10.1. The van der Waals surface area contributed by atoms with Crippen LogP contribution in [0.1, 0.15) is 24.3 Å². The van der Waals surface area contributed by atoms with Crippen LogP contribution in [0.5, 0.6) is 5.75 Å².